The summed E-state index contributed by atoms with van der Waals surface area (Å²) in [6.07, 6.45) is 4.76. The van der Waals surface area contributed by atoms with Gasteiger partial charge in [-0.2, -0.15) is 0 Å². The van der Waals surface area contributed by atoms with E-state index in [1.165, 1.54) is 6.08 Å². The predicted molar refractivity (Wildman–Crippen MR) is 135 cm³/mol. The second-order valence-corrected chi connectivity index (χ2v) is 7.97. The van der Waals surface area contributed by atoms with Gasteiger partial charge in [0.05, 0.1) is 11.6 Å². The monoisotopic (exact) mass is 460 g/mol. The molecule has 0 radical (unpaired) electrons. The maximum absolute atomic E-state index is 13.2. The first-order chi connectivity index (χ1) is 16.5. The van der Waals surface area contributed by atoms with Crippen LogP contribution >= 0.6 is 0 Å². The lowest BCUT2D eigenvalue weighted by atomic mass is 9.95. The zero-order chi connectivity index (χ0) is 24.5. The summed E-state index contributed by atoms with van der Waals surface area (Å²) in [7, 11) is 0. The molecule has 0 aromatic heterocycles. The normalized spacial score (nSPS) is 16.0. The number of aliphatic hydroxyl groups excluding tert-OH is 1. The van der Waals surface area contributed by atoms with E-state index < -0.39 is 23.5 Å². The minimum absolute atomic E-state index is 0.0940. The second-order valence-electron chi connectivity index (χ2n) is 7.97. The third-order valence-corrected chi connectivity index (χ3v) is 5.91. The summed E-state index contributed by atoms with van der Waals surface area (Å²) in [5.74, 6) is -0.746. The number of hydrogen-bond acceptors (Lipinski definition) is 5. The molecular formula is C28H32N2O4. The fourth-order valence-electron chi connectivity index (χ4n) is 4.00. The van der Waals surface area contributed by atoms with Crippen LogP contribution in [0.2, 0.25) is 0 Å². The molecule has 0 spiro atoms. The number of hydrogen-bond donors (Lipinski definition) is 1. The Morgan fingerprint density at radius 1 is 1.12 bits per heavy atom. The Morgan fingerprint density at radius 2 is 1.79 bits per heavy atom. The Bertz CT molecular complexity index is 1050. The highest BCUT2D eigenvalue weighted by atomic mass is 16.5. The number of carbonyl (C=O) groups excluding carboxylic acids is 2. The molecule has 1 amide bonds. The van der Waals surface area contributed by atoms with Crippen LogP contribution in [0.15, 0.2) is 84.7 Å². The third-order valence-electron chi connectivity index (χ3n) is 5.91. The van der Waals surface area contributed by atoms with Gasteiger partial charge in [-0.05, 0) is 42.4 Å². The summed E-state index contributed by atoms with van der Waals surface area (Å²) in [4.78, 5) is 30.1. The fourth-order valence-corrected chi connectivity index (χ4v) is 4.00. The average molecular weight is 461 g/mol. The zero-order valence-electron chi connectivity index (χ0n) is 19.8. The highest BCUT2D eigenvalue weighted by Crippen LogP contribution is 2.38. The number of benzene rings is 2. The minimum atomic E-state index is -0.676. The Hall–Kier alpha value is -3.64. The van der Waals surface area contributed by atoms with Crippen molar-refractivity contribution in [2.75, 3.05) is 32.8 Å². The first-order valence-electron chi connectivity index (χ1n) is 11.6. The van der Waals surface area contributed by atoms with Gasteiger partial charge in [0.1, 0.15) is 12.4 Å². The smallest absolute Gasteiger partial charge is 0.290 e. The first-order valence-corrected chi connectivity index (χ1v) is 11.6. The Morgan fingerprint density at radius 3 is 2.41 bits per heavy atom. The van der Waals surface area contributed by atoms with E-state index in [0.29, 0.717) is 25.4 Å². The summed E-state index contributed by atoms with van der Waals surface area (Å²) in [5.41, 5.74) is 1.69. The number of rotatable bonds is 12. The van der Waals surface area contributed by atoms with Gasteiger partial charge in [0.15, 0.2) is 11.5 Å². The van der Waals surface area contributed by atoms with Crippen LogP contribution in [-0.2, 0) is 9.59 Å². The molecule has 1 unspecified atom stereocenters. The molecule has 6 heteroatoms. The highest BCUT2D eigenvalue weighted by molar-refractivity contribution is 6.14. The van der Waals surface area contributed by atoms with E-state index in [1.807, 2.05) is 42.5 Å². The van der Waals surface area contributed by atoms with E-state index in [9.17, 15) is 14.7 Å². The first kappa shape index (κ1) is 25.0. The van der Waals surface area contributed by atoms with Gasteiger partial charge < -0.3 is 19.6 Å². The molecule has 178 valence electrons. The van der Waals surface area contributed by atoms with Crippen LogP contribution in [0.3, 0.4) is 0 Å². The predicted octanol–water partition coefficient (Wildman–Crippen LogP) is 4.57. The number of likely N-dealkylation sites (N-methyl/N-ethyl adjacent to an activating group) is 1. The van der Waals surface area contributed by atoms with Gasteiger partial charge in [0.25, 0.3) is 5.91 Å². The number of carbonyl (C=O) groups is 2. The van der Waals surface area contributed by atoms with E-state index in [0.717, 1.165) is 24.2 Å². The standard InChI is InChI=1S/C28H32N2O4/c1-4-20-34-23-15-13-22(14-16-23)26-25(24(31)17-12-21-10-8-7-9-11-21)27(32)28(33)30(26)19-18-29(5-2)6-3/h4,7-17,26,32H,1,5-6,18-20H2,2-3H3. The lowest BCUT2D eigenvalue weighted by molar-refractivity contribution is -0.129. The van der Waals surface area contributed by atoms with Crippen molar-refractivity contribution in [3.8, 4) is 5.75 Å². The van der Waals surface area contributed by atoms with Crippen molar-refractivity contribution in [2.45, 2.75) is 19.9 Å². The van der Waals surface area contributed by atoms with Crippen molar-refractivity contribution in [3.05, 3.63) is 95.8 Å². The number of aliphatic hydroxyl groups is 1. The molecule has 1 atom stereocenters. The molecular weight excluding hydrogens is 428 g/mol. The third kappa shape index (κ3) is 5.83. The highest BCUT2D eigenvalue weighted by Gasteiger charge is 2.42. The van der Waals surface area contributed by atoms with Gasteiger partial charge in [0.2, 0.25) is 0 Å². The molecule has 1 heterocycles. The molecule has 0 bridgehead atoms. The Labute approximate surface area is 201 Å². The molecule has 0 saturated carbocycles. The summed E-state index contributed by atoms with van der Waals surface area (Å²) in [6, 6.07) is 16.0. The van der Waals surface area contributed by atoms with Crippen LogP contribution < -0.4 is 4.74 Å². The fraction of sp³-hybridized carbons (Fsp3) is 0.286. The van der Waals surface area contributed by atoms with Crippen LogP contribution in [0.5, 0.6) is 5.75 Å². The van der Waals surface area contributed by atoms with E-state index in [1.54, 1.807) is 29.2 Å². The molecule has 3 rings (SSSR count). The zero-order valence-corrected chi connectivity index (χ0v) is 19.8. The van der Waals surface area contributed by atoms with E-state index >= 15 is 0 Å². The average Bonchev–Trinajstić information content (AvgIpc) is 3.12. The van der Waals surface area contributed by atoms with Gasteiger partial charge in [-0.25, -0.2) is 0 Å². The number of amides is 1. The van der Waals surface area contributed by atoms with Crippen LogP contribution in [0.4, 0.5) is 0 Å². The lowest BCUT2D eigenvalue weighted by Gasteiger charge is -2.29. The molecule has 2 aromatic carbocycles. The van der Waals surface area contributed by atoms with Crippen molar-refractivity contribution in [3.63, 3.8) is 0 Å². The number of nitrogens with zero attached hydrogens (tertiary/aromatic N) is 2. The van der Waals surface area contributed by atoms with Crippen LogP contribution in [0.25, 0.3) is 6.08 Å². The Balaban J connectivity index is 1.93. The number of allylic oxidation sites excluding steroid dienone is 1. The van der Waals surface area contributed by atoms with Gasteiger partial charge in [-0.15, -0.1) is 0 Å². The van der Waals surface area contributed by atoms with E-state index in [4.69, 9.17) is 4.74 Å². The number of ketones is 1. The van der Waals surface area contributed by atoms with Gasteiger partial charge in [0, 0.05) is 13.1 Å². The van der Waals surface area contributed by atoms with E-state index in [2.05, 4.69) is 25.3 Å². The van der Waals surface area contributed by atoms with Gasteiger partial charge in [-0.1, -0.05) is 75.0 Å². The van der Waals surface area contributed by atoms with Crippen molar-refractivity contribution in [1.82, 2.24) is 9.80 Å². The van der Waals surface area contributed by atoms with Gasteiger partial charge in [-0.3, -0.25) is 9.59 Å². The van der Waals surface area contributed by atoms with Crippen LogP contribution in [0.1, 0.15) is 31.0 Å². The van der Waals surface area contributed by atoms with E-state index in [-0.39, 0.29) is 5.57 Å². The number of ether oxygens (including phenoxy) is 1. The van der Waals surface area contributed by atoms with Crippen molar-refractivity contribution < 1.29 is 19.4 Å². The molecule has 34 heavy (non-hydrogen) atoms. The van der Waals surface area contributed by atoms with Crippen LogP contribution in [-0.4, -0.2) is 59.4 Å². The van der Waals surface area contributed by atoms with Crippen molar-refractivity contribution in [2.24, 2.45) is 0 Å². The molecule has 1 N–H and O–H groups in total. The van der Waals surface area contributed by atoms with Crippen molar-refractivity contribution in [1.29, 1.82) is 0 Å². The molecule has 0 fully saturated rings. The molecule has 0 saturated heterocycles. The Kier molecular flexibility index (Phi) is 8.82. The van der Waals surface area contributed by atoms with Gasteiger partial charge >= 0.3 is 0 Å². The molecule has 0 aliphatic carbocycles. The summed E-state index contributed by atoms with van der Waals surface area (Å²) < 4.78 is 5.57. The molecule has 2 aromatic rings. The minimum Gasteiger partial charge on any atom is -0.503 e. The van der Waals surface area contributed by atoms with Crippen LogP contribution in [0, 0.1) is 0 Å². The summed E-state index contributed by atoms with van der Waals surface area (Å²) in [5, 5.41) is 10.8. The maximum Gasteiger partial charge on any atom is 0.290 e. The lowest BCUT2D eigenvalue weighted by Crippen LogP contribution is -2.38. The van der Waals surface area contributed by atoms with Crippen molar-refractivity contribution >= 4 is 17.8 Å². The largest absolute Gasteiger partial charge is 0.503 e. The summed E-state index contributed by atoms with van der Waals surface area (Å²) >= 11 is 0. The SMILES string of the molecule is C=CCOc1ccc(C2C(C(=O)C=Cc3ccccc3)=C(O)C(=O)N2CCN(CC)CC)cc1. The molecule has 6 nitrogen and oxygen atoms in total. The quantitative estimate of drug-likeness (QED) is 0.371. The molecule has 1 aliphatic rings. The molecule has 1 aliphatic heterocycles. The summed E-state index contributed by atoms with van der Waals surface area (Å²) in [6.45, 7) is 10.9. The second kappa shape index (κ2) is 12.0. The topological polar surface area (TPSA) is 70.1 Å². The maximum atomic E-state index is 13.2.